The number of benzene rings is 3. The van der Waals surface area contributed by atoms with Crippen LogP contribution in [0.15, 0.2) is 83.8 Å². The van der Waals surface area contributed by atoms with Crippen LogP contribution in [0.3, 0.4) is 0 Å². The minimum atomic E-state index is -4.04. The summed E-state index contributed by atoms with van der Waals surface area (Å²) < 4.78 is 38.3. The van der Waals surface area contributed by atoms with Crippen LogP contribution >= 0.6 is 0 Å². The third-order valence-corrected chi connectivity index (χ3v) is 6.25. The number of esters is 1. The number of sulfonamides is 1. The number of carbonyl (C=O) groups is 1. The van der Waals surface area contributed by atoms with E-state index in [1.54, 1.807) is 24.3 Å². The Morgan fingerprint density at radius 1 is 0.900 bits per heavy atom. The second kappa shape index (κ2) is 9.45. The van der Waals surface area contributed by atoms with E-state index in [0.717, 1.165) is 9.87 Å². The van der Waals surface area contributed by atoms with Gasteiger partial charge in [0.05, 0.1) is 24.3 Å². The summed E-state index contributed by atoms with van der Waals surface area (Å²) in [6.45, 7) is 1.88. The fourth-order valence-corrected chi connectivity index (χ4v) is 4.46. The lowest BCUT2D eigenvalue weighted by Gasteiger charge is -2.26. The van der Waals surface area contributed by atoms with Crippen LogP contribution in [0, 0.1) is 0 Å². The first kappa shape index (κ1) is 21.4. The average Bonchev–Trinajstić information content (AvgIpc) is 2.78. The van der Waals surface area contributed by atoms with Gasteiger partial charge in [0.15, 0.2) is 0 Å². The standard InChI is InChI=1S/C23H23NO5S/c1-3-29-19-13-15-20(16-14-19)30(26,27)24(17-23(25)28-2)22-12-8-7-11-21(22)18-9-5-4-6-10-18/h4-16H,3,17H2,1-2H3. The molecule has 0 saturated heterocycles. The first-order valence-electron chi connectivity index (χ1n) is 9.44. The lowest BCUT2D eigenvalue weighted by molar-refractivity contribution is -0.138. The van der Waals surface area contributed by atoms with Gasteiger partial charge < -0.3 is 9.47 Å². The van der Waals surface area contributed by atoms with E-state index in [0.29, 0.717) is 23.6 Å². The van der Waals surface area contributed by atoms with E-state index in [1.807, 2.05) is 49.4 Å². The van der Waals surface area contributed by atoms with Gasteiger partial charge in [-0.15, -0.1) is 0 Å². The summed E-state index contributed by atoms with van der Waals surface area (Å²) in [5.74, 6) is -0.0898. The molecule has 0 atom stereocenters. The molecule has 0 aliphatic heterocycles. The van der Waals surface area contributed by atoms with Crippen molar-refractivity contribution in [2.75, 3.05) is 24.6 Å². The van der Waals surface area contributed by atoms with Gasteiger partial charge in [-0.3, -0.25) is 9.10 Å². The molecule has 0 N–H and O–H groups in total. The molecule has 0 amide bonds. The van der Waals surface area contributed by atoms with Crippen LogP contribution in [-0.2, 0) is 19.6 Å². The number of methoxy groups -OCH3 is 1. The van der Waals surface area contributed by atoms with Gasteiger partial charge in [-0.1, -0.05) is 48.5 Å². The minimum Gasteiger partial charge on any atom is -0.494 e. The maximum absolute atomic E-state index is 13.5. The molecule has 3 aromatic carbocycles. The van der Waals surface area contributed by atoms with Gasteiger partial charge in [-0.25, -0.2) is 8.42 Å². The van der Waals surface area contributed by atoms with Gasteiger partial charge in [0.2, 0.25) is 0 Å². The normalized spacial score (nSPS) is 11.0. The fraction of sp³-hybridized carbons (Fsp3) is 0.174. The maximum Gasteiger partial charge on any atom is 0.326 e. The molecule has 3 aromatic rings. The summed E-state index contributed by atoms with van der Waals surface area (Å²) in [5, 5.41) is 0. The number of hydrogen-bond acceptors (Lipinski definition) is 5. The van der Waals surface area contributed by atoms with Crippen LogP contribution in [0.4, 0.5) is 5.69 Å². The number of para-hydroxylation sites is 1. The molecule has 0 unspecified atom stereocenters. The zero-order valence-electron chi connectivity index (χ0n) is 16.8. The molecule has 0 spiro atoms. The van der Waals surface area contributed by atoms with E-state index in [9.17, 15) is 13.2 Å². The van der Waals surface area contributed by atoms with Crippen molar-refractivity contribution in [3.05, 3.63) is 78.9 Å². The van der Waals surface area contributed by atoms with Gasteiger partial charge in [0, 0.05) is 5.56 Å². The lowest BCUT2D eigenvalue weighted by atomic mass is 10.0. The van der Waals surface area contributed by atoms with E-state index >= 15 is 0 Å². The zero-order chi connectivity index (χ0) is 21.6. The van der Waals surface area contributed by atoms with Crippen LogP contribution in [0.25, 0.3) is 11.1 Å². The predicted molar refractivity (Wildman–Crippen MR) is 116 cm³/mol. The topological polar surface area (TPSA) is 72.9 Å². The Hall–Kier alpha value is -3.32. The predicted octanol–water partition coefficient (Wildman–Crippen LogP) is 4.12. The molecule has 0 fully saturated rings. The summed E-state index contributed by atoms with van der Waals surface area (Å²) in [5.41, 5.74) is 1.92. The number of rotatable bonds is 8. The van der Waals surface area contributed by atoms with Crippen LogP contribution in [-0.4, -0.2) is 34.6 Å². The van der Waals surface area contributed by atoms with E-state index in [4.69, 9.17) is 9.47 Å². The average molecular weight is 426 g/mol. The van der Waals surface area contributed by atoms with Crippen molar-refractivity contribution in [3.63, 3.8) is 0 Å². The van der Waals surface area contributed by atoms with Crippen molar-refractivity contribution in [1.82, 2.24) is 0 Å². The molecule has 30 heavy (non-hydrogen) atoms. The molecule has 0 saturated carbocycles. The van der Waals surface area contributed by atoms with Crippen molar-refractivity contribution < 1.29 is 22.7 Å². The Balaban J connectivity index is 2.11. The zero-order valence-corrected chi connectivity index (χ0v) is 17.6. The van der Waals surface area contributed by atoms with Gasteiger partial charge in [-0.05, 0) is 42.8 Å². The Bertz CT molecular complexity index is 1100. The molecule has 0 bridgehead atoms. The summed E-state index contributed by atoms with van der Waals surface area (Å²) in [6, 6.07) is 22.6. The molecule has 0 heterocycles. The number of carbonyl (C=O) groups excluding carboxylic acids is 1. The summed E-state index contributed by atoms with van der Waals surface area (Å²) in [4.78, 5) is 12.2. The van der Waals surface area contributed by atoms with Crippen molar-refractivity contribution >= 4 is 21.7 Å². The highest BCUT2D eigenvalue weighted by atomic mass is 32.2. The first-order valence-corrected chi connectivity index (χ1v) is 10.9. The maximum atomic E-state index is 13.5. The minimum absolute atomic E-state index is 0.0534. The van der Waals surface area contributed by atoms with Gasteiger partial charge in [-0.2, -0.15) is 0 Å². The molecular weight excluding hydrogens is 402 g/mol. The molecule has 0 aliphatic carbocycles. The highest BCUT2D eigenvalue weighted by Gasteiger charge is 2.29. The van der Waals surface area contributed by atoms with Gasteiger partial charge in [0.1, 0.15) is 12.3 Å². The van der Waals surface area contributed by atoms with E-state index in [1.165, 1.54) is 19.2 Å². The number of hydrogen-bond donors (Lipinski definition) is 0. The number of ether oxygens (including phenoxy) is 2. The van der Waals surface area contributed by atoms with Crippen molar-refractivity contribution in [2.24, 2.45) is 0 Å². The molecule has 0 aliphatic rings. The summed E-state index contributed by atoms with van der Waals surface area (Å²) >= 11 is 0. The summed E-state index contributed by atoms with van der Waals surface area (Å²) in [6.07, 6.45) is 0. The fourth-order valence-electron chi connectivity index (χ4n) is 3.04. The third kappa shape index (κ3) is 4.63. The second-order valence-electron chi connectivity index (χ2n) is 6.38. The first-order chi connectivity index (χ1) is 14.5. The highest BCUT2D eigenvalue weighted by molar-refractivity contribution is 7.92. The Labute approximate surface area is 176 Å². The Morgan fingerprint density at radius 2 is 1.53 bits per heavy atom. The molecule has 156 valence electrons. The molecular formula is C23H23NO5S. The lowest BCUT2D eigenvalue weighted by Crippen LogP contribution is -2.36. The third-order valence-electron chi connectivity index (χ3n) is 4.48. The highest BCUT2D eigenvalue weighted by Crippen LogP contribution is 2.34. The molecule has 3 rings (SSSR count). The van der Waals surface area contributed by atoms with Gasteiger partial charge >= 0.3 is 5.97 Å². The molecule has 7 heteroatoms. The van der Waals surface area contributed by atoms with Crippen LogP contribution in [0.1, 0.15) is 6.92 Å². The Kier molecular flexibility index (Phi) is 6.74. The SMILES string of the molecule is CCOc1ccc(S(=O)(=O)N(CC(=O)OC)c2ccccc2-c2ccccc2)cc1. The monoisotopic (exact) mass is 425 g/mol. The van der Waals surface area contributed by atoms with Crippen molar-refractivity contribution in [2.45, 2.75) is 11.8 Å². The molecule has 0 radical (unpaired) electrons. The number of nitrogens with zero attached hydrogens (tertiary/aromatic N) is 1. The van der Waals surface area contributed by atoms with Crippen LogP contribution < -0.4 is 9.04 Å². The molecule has 6 nitrogen and oxygen atoms in total. The van der Waals surface area contributed by atoms with Crippen LogP contribution in [0.2, 0.25) is 0 Å². The smallest absolute Gasteiger partial charge is 0.326 e. The summed E-state index contributed by atoms with van der Waals surface area (Å²) in [7, 11) is -2.82. The quantitative estimate of drug-likeness (QED) is 0.508. The van der Waals surface area contributed by atoms with E-state index in [-0.39, 0.29) is 4.90 Å². The van der Waals surface area contributed by atoms with Gasteiger partial charge in [0.25, 0.3) is 10.0 Å². The van der Waals surface area contributed by atoms with Crippen molar-refractivity contribution in [3.8, 4) is 16.9 Å². The molecule has 0 aromatic heterocycles. The van der Waals surface area contributed by atoms with Crippen LogP contribution in [0.5, 0.6) is 5.75 Å². The Morgan fingerprint density at radius 3 is 2.17 bits per heavy atom. The van der Waals surface area contributed by atoms with E-state index in [2.05, 4.69) is 0 Å². The van der Waals surface area contributed by atoms with Crippen molar-refractivity contribution in [1.29, 1.82) is 0 Å². The second-order valence-corrected chi connectivity index (χ2v) is 8.24. The van der Waals surface area contributed by atoms with E-state index < -0.39 is 22.5 Å². The largest absolute Gasteiger partial charge is 0.494 e. The number of anilines is 1.